The lowest BCUT2D eigenvalue weighted by molar-refractivity contribution is 0.0449. The van der Waals surface area contributed by atoms with E-state index in [-0.39, 0.29) is 0 Å². The van der Waals surface area contributed by atoms with Crippen molar-refractivity contribution >= 4 is 0 Å². The van der Waals surface area contributed by atoms with Gasteiger partial charge in [0.15, 0.2) is 0 Å². The summed E-state index contributed by atoms with van der Waals surface area (Å²) >= 11 is 0. The molecule has 1 aliphatic carbocycles. The summed E-state index contributed by atoms with van der Waals surface area (Å²) in [5, 5.41) is 13.6. The van der Waals surface area contributed by atoms with Crippen molar-refractivity contribution in [2.24, 2.45) is 0 Å². The summed E-state index contributed by atoms with van der Waals surface area (Å²) in [6.07, 6.45) is 5.46. The van der Waals surface area contributed by atoms with Gasteiger partial charge in [-0.1, -0.05) is 12.8 Å². The van der Waals surface area contributed by atoms with Crippen molar-refractivity contribution in [3.05, 3.63) is 0 Å². The molecule has 0 aromatic carbocycles. The van der Waals surface area contributed by atoms with E-state index in [0.717, 1.165) is 32.4 Å². The Morgan fingerprint density at radius 1 is 1.33 bits per heavy atom. The number of hydrogen-bond donors (Lipinski definition) is 2. The van der Waals surface area contributed by atoms with Crippen molar-refractivity contribution in [3.63, 3.8) is 0 Å². The molecule has 0 spiro atoms. The van der Waals surface area contributed by atoms with E-state index in [1.807, 2.05) is 0 Å². The Bertz CT molecular complexity index is 176. The van der Waals surface area contributed by atoms with Crippen molar-refractivity contribution in [2.75, 3.05) is 27.2 Å². The first kappa shape index (κ1) is 12.9. The van der Waals surface area contributed by atoms with Crippen LogP contribution in [0.1, 0.15) is 39.0 Å². The van der Waals surface area contributed by atoms with Crippen molar-refractivity contribution in [3.8, 4) is 0 Å². The van der Waals surface area contributed by atoms with Gasteiger partial charge in [-0.2, -0.15) is 0 Å². The summed E-state index contributed by atoms with van der Waals surface area (Å²) in [6, 6.07) is 0.497. The summed E-state index contributed by atoms with van der Waals surface area (Å²) < 4.78 is 0. The average molecular weight is 214 g/mol. The number of aliphatic hydroxyl groups is 1. The van der Waals surface area contributed by atoms with Crippen molar-refractivity contribution in [1.82, 2.24) is 10.2 Å². The lowest BCUT2D eigenvalue weighted by Crippen LogP contribution is -2.42. The number of nitrogens with zero attached hydrogens (tertiary/aromatic N) is 1. The zero-order valence-corrected chi connectivity index (χ0v) is 10.4. The largest absolute Gasteiger partial charge is 0.389 e. The fraction of sp³-hybridized carbons (Fsp3) is 1.00. The molecule has 3 heteroatoms. The second-order valence-corrected chi connectivity index (χ2v) is 5.31. The number of hydrogen-bond acceptors (Lipinski definition) is 3. The van der Waals surface area contributed by atoms with E-state index in [2.05, 4.69) is 31.2 Å². The molecule has 0 aromatic rings. The van der Waals surface area contributed by atoms with Crippen LogP contribution in [0.4, 0.5) is 0 Å². The SMILES string of the molecule is CC(CCN(C)C)NCC1(O)CCCC1. The van der Waals surface area contributed by atoms with Gasteiger partial charge in [-0.15, -0.1) is 0 Å². The Morgan fingerprint density at radius 2 is 1.93 bits per heavy atom. The molecule has 1 atom stereocenters. The fourth-order valence-electron chi connectivity index (χ4n) is 2.13. The Morgan fingerprint density at radius 3 is 2.47 bits per heavy atom. The topological polar surface area (TPSA) is 35.5 Å². The maximum atomic E-state index is 10.1. The standard InChI is InChI=1S/C12H26N2O/c1-11(6-9-14(2)3)13-10-12(15)7-4-5-8-12/h11,13,15H,4-10H2,1-3H3. The maximum absolute atomic E-state index is 10.1. The molecule has 2 N–H and O–H groups in total. The number of nitrogens with one attached hydrogen (secondary N) is 1. The molecule has 0 aromatic heterocycles. The van der Waals surface area contributed by atoms with Crippen molar-refractivity contribution in [1.29, 1.82) is 0 Å². The Kier molecular flexibility index (Phi) is 5.03. The van der Waals surface area contributed by atoms with Crippen molar-refractivity contribution in [2.45, 2.75) is 50.7 Å². The van der Waals surface area contributed by atoms with E-state index in [0.29, 0.717) is 6.04 Å². The molecule has 1 rings (SSSR count). The maximum Gasteiger partial charge on any atom is 0.0771 e. The quantitative estimate of drug-likeness (QED) is 0.698. The van der Waals surface area contributed by atoms with E-state index >= 15 is 0 Å². The van der Waals surface area contributed by atoms with Crippen LogP contribution in [-0.2, 0) is 0 Å². The van der Waals surface area contributed by atoms with Crippen LogP contribution in [0, 0.1) is 0 Å². The van der Waals surface area contributed by atoms with Crippen LogP contribution in [0.15, 0.2) is 0 Å². The third-order valence-electron chi connectivity index (χ3n) is 3.32. The van der Waals surface area contributed by atoms with Gasteiger partial charge in [0.05, 0.1) is 5.60 Å². The molecule has 0 radical (unpaired) electrons. The Labute approximate surface area is 93.9 Å². The first-order chi connectivity index (χ1) is 7.02. The fourth-order valence-corrected chi connectivity index (χ4v) is 2.13. The molecule has 0 amide bonds. The highest BCUT2D eigenvalue weighted by molar-refractivity contribution is 4.87. The van der Waals surface area contributed by atoms with Crippen LogP contribution in [0.5, 0.6) is 0 Å². The molecule has 1 aliphatic rings. The van der Waals surface area contributed by atoms with Crippen LogP contribution in [0.25, 0.3) is 0 Å². The highest BCUT2D eigenvalue weighted by atomic mass is 16.3. The van der Waals surface area contributed by atoms with Gasteiger partial charge in [0.25, 0.3) is 0 Å². The first-order valence-electron chi connectivity index (χ1n) is 6.12. The third-order valence-corrected chi connectivity index (χ3v) is 3.32. The Balaban J connectivity index is 2.13. The molecular weight excluding hydrogens is 188 g/mol. The summed E-state index contributed by atoms with van der Waals surface area (Å²) in [4.78, 5) is 2.20. The van der Waals surface area contributed by atoms with Gasteiger partial charge < -0.3 is 15.3 Å². The lowest BCUT2D eigenvalue weighted by Gasteiger charge is -2.25. The van der Waals surface area contributed by atoms with Crippen LogP contribution in [0.3, 0.4) is 0 Å². The minimum atomic E-state index is -0.410. The second-order valence-electron chi connectivity index (χ2n) is 5.31. The zero-order valence-electron chi connectivity index (χ0n) is 10.4. The average Bonchev–Trinajstić information content (AvgIpc) is 2.60. The summed E-state index contributed by atoms with van der Waals surface area (Å²) in [5.74, 6) is 0. The molecule has 0 aliphatic heterocycles. The highest BCUT2D eigenvalue weighted by Gasteiger charge is 2.30. The third kappa shape index (κ3) is 4.96. The minimum absolute atomic E-state index is 0.410. The molecule has 3 nitrogen and oxygen atoms in total. The Hall–Kier alpha value is -0.120. The highest BCUT2D eigenvalue weighted by Crippen LogP contribution is 2.28. The molecule has 90 valence electrons. The normalized spacial score (nSPS) is 22.2. The molecule has 1 unspecified atom stereocenters. The smallest absolute Gasteiger partial charge is 0.0771 e. The monoisotopic (exact) mass is 214 g/mol. The summed E-state index contributed by atoms with van der Waals surface area (Å²) in [6.45, 7) is 4.07. The van der Waals surface area contributed by atoms with E-state index in [9.17, 15) is 5.11 Å². The van der Waals surface area contributed by atoms with Gasteiger partial charge in [-0.25, -0.2) is 0 Å². The number of rotatable bonds is 6. The molecule has 15 heavy (non-hydrogen) atoms. The molecule has 0 heterocycles. The van der Waals surface area contributed by atoms with Gasteiger partial charge >= 0.3 is 0 Å². The second kappa shape index (κ2) is 5.83. The van der Waals surface area contributed by atoms with Gasteiger partial charge in [-0.05, 0) is 46.8 Å². The van der Waals surface area contributed by atoms with E-state index in [1.54, 1.807) is 0 Å². The summed E-state index contributed by atoms with van der Waals surface area (Å²) in [5.41, 5.74) is -0.410. The van der Waals surface area contributed by atoms with Gasteiger partial charge in [0.1, 0.15) is 0 Å². The van der Waals surface area contributed by atoms with Gasteiger partial charge in [0, 0.05) is 12.6 Å². The summed E-state index contributed by atoms with van der Waals surface area (Å²) in [7, 11) is 4.19. The van der Waals surface area contributed by atoms with E-state index in [4.69, 9.17) is 0 Å². The lowest BCUT2D eigenvalue weighted by atomic mass is 10.0. The van der Waals surface area contributed by atoms with Crippen molar-refractivity contribution < 1.29 is 5.11 Å². The molecule has 0 saturated heterocycles. The van der Waals surface area contributed by atoms with Crippen LogP contribution >= 0.6 is 0 Å². The van der Waals surface area contributed by atoms with Gasteiger partial charge in [0.2, 0.25) is 0 Å². The predicted octanol–water partition coefficient (Wildman–Crippen LogP) is 1.22. The molecular formula is C12H26N2O. The predicted molar refractivity (Wildman–Crippen MR) is 64.1 cm³/mol. The van der Waals surface area contributed by atoms with E-state index < -0.39 is 5.60 Å². The molecule has 0 bridgehead atoms. The zero-order chi connectivity index (χ0) is 11.3. The van der Waals surface area contributed by atoms with Gasteiger partial charge in [-0.3, -0.25) is 0 Å². The molecule has 1 saturated carbocycles. The van der Waals surface area contributed by atoms with Crippen LogP contribution < -0.4 is 5.32 Å². The van der Waals surface area contributed by atoms with E-state index in [1.165, 1.54) is 12.8 Å². The van der Waals surface area contributed by atoms with Crippen LogP contribution in [-0.4, -0.2) is 48.8 Å². The first-order valence-corrected chi connectivity index (χ1v) is 6.12. The van der Waals surface area contributed by atoms with Crippen LogP contribution in [0.2, 0.25) is 0 Å². The minimum Gasteiger partial charge on any atom is -0.389 e. The molecule has 1 fully saturated rings.